The van der Waals surface area contributed by atoms with Crippen LogP contribution in [0.5, 0.6) is 0 Å². The summed E-state index contributed by atoms with van der Waals surface area (Å²) >= 11 is 1.43. The molecule has 0 aliphatic heterocycles. The largest absolute Gasteiger partial charge is 0.338 e. The topological polar surface area (TPSA) is 58.2 Å². The van der Waals surface area contributed by atoms with Gasteiger partial charge < -0.3 is 5.32 Å². The molecule has 4 nitrogen and oxygen atoms in total. The van der Waals surface area contributed by atoms with E-state index in [0.29, 0.717) is 6.54 Å². The summed E-state index contributed by atoms with van der Waals surface area (Å²) in [7, 11) is 0. The zero-order valence-electron chi connectivity index (χ0n) is 10.8. The predicted octanol–water partition coefficient (Wildman–Crippen LogP) is 2.32. The fourth-order valence-electron chi connectivity index (χ4n) is 1.36. The van der Waals surface area contributed by atoms with Crippen LogP contribution in [0.4, 0.5) is 4.79 Å². The van der Waals surface area contributed by atoms with Crippen LogP contribution in [0.25, 0.3) is 0 Å². The van der Waals surface area contributed by atoms with Crippen molar-refractivity contribution in [1.82, 2.24) is 10.6 Å². The van der Waals surface area contributed by atoms with Gasteiger partial charge in [-0.2, -0.15) is 0 Å². The van der Waals surface area contributed by atoms with E-state index in [2.05, 4.69) is 10.6 Å². The van der Waals surface area contributed by atoms with Crippen molar-refractivity contribution >= 4 is 23.7 Å². The van der Waals surface area contributed by atoms with Gasteiger partial charge in [-0.3, -0.25) is 10.1 Å². The van der Waals surface area contributed by atoms with Crippen LogP contribution >= 0.6 is 11.8 Å². The average Bonchev–Trinajstić information content (AvgIpc) is 2.29. The molecule has 0 saturated carbocycles. The van der Waals surface area contributed by atoms with Crippen molar-refractivity contribution in [3.63, 3.8) is 0 Å². The Morgan fingerprint density at radius 1 is 1.39 bits per heavy atom. The first-order valence-electron chi connectivity index (χ1n) is 5.85. The normalized spacial score (nSPS) is 11.7. The summed E-state index contributed by atoms with van der Waals surface area (Å²) in [6.45, 7) is 6.08. The molecule has 0 radical (unpaired) electrons. The van der Waals surface area contributed by atoms with E-state index in [4.69, 9.17) is 0 Å². The van der Waals surface area contributed by atoms with Gasteiger partial charge in [0.05, 0.1) is 5.25 Å². The number of hydrogen-bond donors (Lipinski definition) is 2. The lowest BCUT2D eigenvalue weighted by Crippen LogP contribution is -2.42. The third kappa shape index (κ3) is 4.79. The van der Waals surface area contributed by atoms with Crippen LogP contribution < -0.4 is 10.6 Å². The van der Waals surface area contributed by atoms with E-state index in [1.165, 1.54) is 11.8 Å². The maximum Gasteiger partial charge on any atom is 0.321 e. The Morgan fingerprint density at radius 3 is 2.72 bits per heavy atom. The van der Waals surface area contributed by atoms with Crippen molar-refractivity contribution in [2.75, 3.05) is 6.54 Å². The van der Waals surface area contributed by atoms with E-state index in [-0.39, 0.29) is 11.2 Å². The van der Waals surface area contributed by atoms with Crippen LogP contribution in [0.15, 0.2) is 29.2 Å². The van der Waals surface area contributed by atoms with Crippen molar-refractivity contribution in [1.29, 1.82) is 0 Å². The van der Waals surface area contributed by atoms with Gasteiger partial charge in [-0.1, -0.05) is 17.7 Å². The van der Waals surface area contributed by atoms with Gasteiger partial charge in [-0.05, 0) is 32.9 Å². The number of amides is 3. The molecule has 0 fully saturated rings. The number of thioether (sulfide) groups is 1. The highest BCUT2D eigenvalue weighted by Crippen LogP contribution is 2.23. The lowest BCUT2D eigenvalue weighted by molar-refractivity contribution is -0.119. The minimum atomic E-state index is -0.445. The molecule has 1 aromatic carbocycles. The third-order valence-electron chi connectivity index (χ3n) is 2.25. The Kier molecular flexibility index (Phi) is 5.71. The van der Waals surface area contributed by atoms with Crippen LogP contribution in [0, 0.1) is 6.92 Å². The van der Waals surface area contributed by atoms with Gasteiger partial charge in [0, 0.05) is 11.4 Å². The molecule has 0 unspecified atom stereocenters. The van der Waals surface area contributed by atoms with Crippen LogP contribution in [0.2, 0.25) is 0 Å². The van der Waals surface area contributed by atoms with Crippen LogP contribution in [0.1, 0.15) is 19.4 Å². The number of benzene rings is 1. The molecule has 0 spiro atoms. The molecule has 3 amide bonds. The molecule has 0 aromatic heterocycles. The van der Waals surface area contributed by atoms with Crippen LogP contribution in [0.3, 0.4) is 0 Å². The molecule has 2 N–H and O–H groups in total. The summed E-state index contributed by atoms with van der Waals surface area (Å²) < 4.78 is 0. The molecule has 18 heavy (non-hydrogen) atoms. The van der Waals surface area contributed by atoms with Gasteiger partial charge in [-0.15, -0.1) is 11.8 Å². The Balaban J connectivity index is 2.52. The number of aryl methyl sites for hydroxylation is 1. The Hall–Kier alpha value is -1.49. The standard InChI is InChI=1S/C13H18N2O2S/c1-4-14-13(17)15-12(16)10(3)18-11-7-5-6-9(2)8-11/h5-8,10H,4H2,1-3H3,(H2,14,15,16,17)/t10-/m1/s1. The van der Waals surface area contributed by atoms with Crippen molar-refractivity contribution in [2.45, 2.75) is 30.9 Å². The second kappa shape index (κ2) is 7.06. The van der Waals surface area contributed by atoms with Gasteiger partial charge in [-0.25, -0.2) is 4.79 Å². The molecular weight excluding hydrogens is 248 g/mol. The van der Waals surface area contributed by atoms with Gasteiger partial charge in [0.2, 0.25) is 5.91 Å². The van der Waals surface area contributed by atoms with E-state index in [9.17, 15) is 9.59 Å². The minimum absolute atomic E-state index is 0.285. The highest BCUT2D eigenvalue weighted by Gasteiger charge is 2.16. The summed E-state index contributed by atoms with van der Waals surface area (Å²) in [6.07, 6.45) is 0. The van der Waals surface area contributed by atoms with Gasteiger partial charge in [0.15, 0.2) is 0 Å². The average molecular weight is 266 g/mol. The molecule has 5 heteroatoms. The second-order valence-corrected chi connectivity index (χ2v) is 5.34. The zero-order chi connectivity index (χ0) is 13.5. The predicted molar refractivity (Wildman–Crippen MR) is 73.7 cm³/mol. The molecule has 98 valence electrons. The van der Waals surface area contributed by atoms with Crippen molar-refractivity contribution < 1.29 is 9.59 Å². The van der Waals surface area contributed by atoms with Crippen molar-refractivity contribution in [2.24, 2.45) is 0 Å². The molecule has 0 heterocycles. The number of urea groups is 1. The minimum Gasteiger partial charge on any atom is -0.338 e. The summed E-state index contributed by atoms with van der Waals surface area (Å²) in [5, 5.41) is 4.52. The highest BCUT2D eigenvalue weighted by molar-refractivity contribution is 8.00. The smallest absolute Gasteiger partial charge is 0.321 e. The Morgan fingerprint density at radius 2 is 2.11 bits per heavy atom. The molecular formula is C13H18N2O2S. The van der Waals surface area contributed by atoms with Crippen molar-refractivity contribution in [3.05, 3.63) is 29.8 Å². The zero-order valence-corrected chi connectivity index (χ0v) is 11.6. The Labute approximate surface area is 112 Å². The van der Waals surface area contributed by atoms with Gasteiger partial charge >= 0.3 is 6.03 Å². The van der Waals surface area contributed by atoms with E-state index >= 15 is 0 Å². The van der Waals surface area contributed by atoms with E-state index in [1.807, 2.05) is 31.2 Å². The number of hydrogen-bond acceptors (Lipinski definition) is 3. The van der Waals surface area contributed by atoms with Crippen molar-refractivity contribution in [3.8, 4) is 0 Å². The Bertz CT molecular complexity index is 435. The molecule has 0 saturated heterocycles. The van der Waals surface area contributed by atoms with Crippen LogP contribution in [-0.2, 0) is 4.79 Å². The number of carbonyl (C=O) groups is 2. The third-order valence-corrected chi connectivity index (χ3v) is 3.34. The van der Waals surface area contributed by atoms with Gasteiger partial charge in [0.25, 0.3) is 0 Å². The monoisotopic (exact) mass is 266 g/mol. The SMILES string of the molecule is CCNC(=O)NC(=O)[C@@H](C)Sc1cccc(C)c1. The first-order valence-corrected chi connectivity index (χ1v) is 6.73. The van der Waals surface area contributed by atoms with Gasteiger partial charge in [0.1, 0.15) is 0 Å². The van der Waals surface area contributed by atoms with E-state index in [1.54, 1.807) is 13.8 Å². The summed E-state index contributed by atoms with van der Waals surface area (Å²) in [5.74, 6) is -0.285. The number of imide groups is 1. The molecule has 0 aliphatic rings. The highest BCUT2D eigenvalue weighted by atomic mass is 32.2. The first kappa shape index (κ1) is 14.6. The van der Waals surface area contributed by atoms with E-state index in [0.717, 1.165) is 10.5 Å². The summed E-state index contributed by atoms with van der Waals surface area (Å²) in [4.78, 5) is 24.0. The molecule has 1 aromatic rings. The first-order chi connectivity index (χ1) is 8.52. The molecule has 0 bridgehead atoms. The fraction of sp³-hybridized carbons (Fsp3) is 0.385. The lowest BCUT2D eigenvalue weighted by Gasteiger charge is -2.11. The molecule has 1 rings (SSSR count). The summed E-state index contributed by atoms with van der Waals surface area (Å²) in [5.41, 5.74) is 1.15. The quantitative estimate of drug-likeness (QED) is 0.822. The number of nitrogens with one attached hydrogen (secondary N) is 2. The molecule has 0 aliphatic carbocycles. The van der Waals surface area contributed by atoms with Crippen LogP contribution in [-0.4, -0.2) is 23.7 Å². The number of carbonyl (C=O) groups excluding carboxylic acids is 2. The molecule has 1 atom stereocenters. The van der Waals surface area contributed by atoms with E-state index < -0.39 is 6.03 Å². The fourth-order valence-corrected chi connectivity index (χ4v) is 2.35. The maximum atomic E-state index is 11.7. The maximum absolute atomic E-state index is 11.7. The lowest BCUT2D eigenvalue weighted by atomic mass is 10.2. The number of rotatable bonds is 4. The summed E-state index contributed by atoms with van der Waals surface area (Å²) in [6, 6.07) is 7.48. The second-order valence-electron chi connectivity index (χ2n) is 3.93.